The standard InChI is InChI=1S/C12H12F2N2OS/c1-2-3-10-12(18-16-15-10)11(17)7-4-5-8(13)9(14)6-7/h4-6,11,17H,2-3H2,1H3. The second-order valence-corrected chi connectivity index (χ2v) is 4.70. The summed E-state index contributed by atoms with van der Waals surface area (Å²) >= 11 is 1.08. The highest BCUT2D eigenvalue weighted by Crippen LogP contribution is 2.28. The molecule has 0 spiro atoms. The molecule has 1 atom stereocenters. The molecular formula is C12H12F2N2OS. The molecule has 0 saturated heterocycles. The third-order valence-corrected chi connectivity index (χ3v) is 3.40. The lowest BCUT2D eigenvalue weighted by Gasteiger charge is -2.10. The molecule has 1 aromatic carbocycles. The van der Waals surface area contributed by atoms with Gasteiger partial charge < -0.3 is 5.11 Å². The molecule has 18 heavy (non-hydrogen) atoms. The zero-order valence-electron chi connectivity index (χ0n) is 9.73. The SMILES string of the molecule is CCCc1nnsc1C(O)c1ccc(F)c(F)c1. The van der Waals surface area contributed by atoms with Gasteiger partial charge in [0.25, 0.3) is 0 Å². The molecule has 0 radical (unpaired) electrons. The molecule has 1 unspecified atom stereocenters. The highest BCUT2D eigenvalue weighted by molar-refractivity contribution is 7.05. The minimum absolute atomic E-state index is 0.303. The van der Waals surface area contributed by atoms with Gasteiger partial charge in [0.1, 0.15) is 6.10 Å². The number of aliphatic hydroxyl groups is 1. The van der Waals surface area contributed by atoms with E-state index >= 15 is 0 Å². The van der Waals surface area contributed by atoms with Crippen LogP contribution in [0.4, 0.5) is 8.78 Å². The zero-order valence-corrected chi connectivity index (χ0v) is 10.5. The number of hydrogen-bond acceptors (Lipinski definition) is 4. The van der Waals surface area contributed by atoms with E-state index in [0.717, 1.165) is 30.1 Å². The maximum Gasteiger partial charge on any atom is 0.159 e. The normalized spacial score (nSPS) is 12.7. The predicted molar refractivity (Wildman–Crippen MR) is 64.3 cm³/mol. The molecule has 2 aromatic rings. The molecule has 6 heteroatoms. The lowest BCUT2D eigenvalue weighted by atomic mass is 10.1. The largest absolute Gasteiger partial charge is 0.383 e. The van der Waals surface area contributed by atoms with Crippen molar-refractivity contribution in [2.45, 2.75) is 25.9 Å². The summed E-state index contributed by atoms with van der Waals surface area (Å²) in [6, 6.07) is 3.36. The first-order valence-corrected chi connectivity index (χ1v) is 6.35. The van der Waals surface area contributed by atoms with E-state index in [0.29, 0.717) is 22.6 Å². The summed E-state index contributed by atoms with van der Waals surface area (Å²) in [6.45, 7) is 1.99. The Labute approximate surface area is 107 Å². The van der Waals surface area contributed by atoms with Gasteiger partial charge in [0.15, 0.2) is 11.6 Å². The highest BCUT2D eigenvalue weighted by atomic mass is 32.1. The average molecular weight is 270 g/mol. The van der Waals surface area contributed by atoms with Crippen molar-refractivity contribution < 1.29 is 13.9 Å². The van der Waals surface area contributed by atoms with Crippen LogP contribution in [0.15, 0.2) is 18.2 Å². The van der Waals surface area contributed by atoms with Crippen molar-refractivity contribution in [2.75, 3.05) is 0 Å². The second-order valence-electron chi connectivity index (χ2n) is 3.91. The molecule has 1 heterocycles. The van der Waals surface area contributed by atoms with Crippen molar-refractivity contribution in [3.63, 3.8) is 0 Å². The predicted octanol–water partition coefficient (Wildman–Crippen LogP) is 2.85. The summed E-state index contributed by atoms with van der Waals surface area (Å²) in [7, 11) is 0. The van der Waals surface area contributed by atoms with Gasteiger partial charge in [-0.05, 0) is 35.6 Å². The third kappa shape index (κ3) is 2.54. The van der Waals surface area contributed by atoms with Crippen LogP contribution in [-0.4, -0.2) is 14.7 Å². The molecule has 0 bridgehead atoms. The van der Waals surface area contributed by atoms with E-state index in [1.54, 1.807) is 0 Å². The molecule has 0 amide bonds. The Morgan fingerprint density at radius 3 is 2.78 bits per heavy atom. The van der Waals surface area contributed by atoms with Crippen molar-refractivity contribution in [1.29, 1.82) is 0 Å². The first kappa shape index (κ1) is 13.0. The molecule has 0 saturated carbocycles. The Bertz CT molecular complexity index is 545. The van der Waals surface area contributed by atoms with E-state index in [9.17, 15) is 13.9 Å². The smallest absolute Gasteiger partial charge is 0.159 e. The van der Waals surface area contributed by atoms with E-state index < -0.39 is 17.7 Å². The maximum absolute atomic E-state index is 13.1. The topological polar surface area (TPSA) is 46.0 Å². The van der Waals surface area contributed by atoms with Gasteiger partial charge in [0, 0.05) is 0 Å². The Morgan fingerprint density at radius 1 is 1.33 bits per heavy atom. The molecular weight excluding hydrogens is 258 g/mol. The van der Waals surface area contributed by atoms with Gasteiger partial charge in [0.05, 0.1) is 10.6 Å². The van der Waals surface area contributed by atoms with Crippen LogP contribution in [0.3, 0.4) is 0 Å². The summed E-state index contributed by atoms with van der Waals surface area (Å²) in [5.41, 5.74) is 1.01. The van der Waals surface area contributed by atoms with Crippen molar-refractivity contribution in [3.05, 3.63) is 46.0 Å². The van der Waals surface area contributed by atoms with E-state index in [4.69, 9.17) is 0 Å². The van der Waals surface area contributed by atoms with Gasteiger partial charge in [-0.1, -0.05) is 23.9 Å². The fourth-order valence-electron chi connectivity index (χ4n) is 1.67. The minimum Gasteiger partial charge on any atom is -0.383 e. The Balaban J connectivity index is 2.32. The van der Waals surface area contributed by atoms with Crippen LogP contribution in [0.25, 0.3) is 0 Å². The number of benzene rings is 1. The van der Waals surface area contributed by atoms with E-state index in [-0.39, 0.29) is 0 Å². The van der Waals surface area contributed by atoms with Crippen molar-refractivity contribution >= 4 is 11.5 Å². The molecule has 3 nitrogen and oxygen atoms in total. The van der Waals surface area contributed by atoms with Crippen LogP contribution >= 0.6 is 11.5 Å². The number of nitrogens with zero attached hydrogens (tertiary/aromatic N) is 2. The monoisotopic (exact) mass is 270 g/mol. The van der Waals surface area contributed by atoms with Gasteiger partial charge in [-0.3, -0.25) is 0 Å². The summed E-state index contributed by atoms with van der Waals surface area (Å²) < 4.78 is 29.7. The zero-order chi connectivity index (χ0) is 13.1. The molecule has 2 rings (SSSR count). The Kier molecular flexibility index (Phi) is 3.98. The van der Waals surface area contributed by atoms with Crippen LogP contribution in [0, 0.1) is 11.6 Å². The fourth-order valence-corrected chi connectivity index (χ4v) is 2.38. The van der Waals surface area contributed by atoms with Gasteiger partial charge in [-0.15, -0.1) is 5.10 Å². The summed E-state index contributed by atoms with van der Waals surface area (Å²) in [5.74, 6) is -1.90. The fraction of sp³-hybridized carbons (Fsp3) is 0.333. The van der Waals surface area contributed by atoms with Crippen LogP contribution < -0.4 is 0 Å². The lowest BCUT2D eigenvalue weighted by Crippen LogP contribution is -2.02. The summed E-state index contributed by atoms with van der Waals surface area (Å²) in [4.78, 5) is 0.586. The van der Waals surface area contributed by atoms with Crippen molar-refractivity contribution in [1.82, 2.24) is 9.59 Å². The summed E-state index contributed by atoms with van der Waals surface area (Å²) in [6.07, 6.45) is 0.566. The van der Waals surface area contributed by atoms with Crippen LogP contribution in [-0.2, 0) is 6.42 Å². The molecule has 1 aromatic heterocycles. The van der Waals surface area contributed by atoms with Gasteiger partial charge >= 0.3 is 0 Å². The first-order valence-electron chi connectivity index (χ1n) is 5.57. The minimum atomic E-state index is -1.01. The average Bonchev–Trinajstić information content (AvgIpc) is 2.80. The number of aromatic nitrogens is 2. The van der Waals surface area contributed by atoms with E-state index in [1.165, 1.54) is 6.07 Å². The van der Waals surface area contributed by atoms with Crippen molar-refractivity contribution in [3.8, 4) is 0 Å². The number of aliphatic hydroxyl groups excluding tert-OH is 1. The number of halogens is 2. The quantitative estimate of drug-likeness (QED) is 0.929. The van der Waals surface area contributed by atoms with Gasteiger partial charge in [-0.25, -0.2) is 8.78 Å². The Hall–Kier alpha value is -1.40. The van der Waals surface area contributed by atoms with Gasteiger partial charge in [0.2, 0.25) is 0 Å². The Morgan fingerprint density at radius 2 is 2.11 bits per heavy atom. The van der Waals surface area contributed by atoms with E-state index in [1.807, 2.05) is 6.92 Å². The van der Waals surface area contributed by atoms with Crippen LogP contribution in [0.2, 0.25) is 0 Å². The maximum atomic E-state index is 13.1. The lowest BCUT2D eigenvalue weighted by molar-refractivity contribution is 0.222. The first-order chi connectivity index (χ1) is 8.63. The summed E-state index contributed by atoms with van der Waals surface area (Å²) in [5, 5.41) is 14.1. The van der Waals surface area contributed by atoms with Gasteiger partial charge in [-0.2, -0.15) is 0 Å². The van der Waals surface area contributed by atoms with Crippen LogP contribution in [0.5, 0.6) is 0 Å². The molecule has 0 aliphatic rings. The van der Waals surface area contributed by atoms with Crippen LogP contribution in [0.1, 0.15) is 35.6 Å². The molecule has 1 N–H and O–H groups in total. The van der Waals surface area contributed by atoms with E-state index in [2.05, 4.69) is 9.59 Å². The molecule has 0 aliphatic carbocycles. The third-order valence-electron chi connectivity index (χ3n) is 2.58. The molecule has 96 valence electrons. The molecule has 0 aliphatic heterocycles. The number of hydrogen-bond donors (Lipinski definition) is 1. The van der Waals surface area contributed by atoms with Crippen molar-refractivity contribution in [2.24, 2.45) is 0 Å². The highest BCUT2D eigenvalue weighted by Gasteiger charge is 2.19. The molecule has 0 fully saturated rings. The second kappa shape index (κ2) is 5.49. The number of aryl methyl sites for hydroxylation is 1. The number of rotatable bonds is 4.